The van der Waals surface area contributed by atoms with Gasteiger partial charge in [0.25, 0.3) is 5.91 Å². The Hall–Kier alpha value is -1.43. The fourth-order valence-corrected chi connectivity index (χ4v) is 2.64. The van der Waals surface area contributed by atoms with Crippen LogP contribution in [0.2, 0.25) is 0 Å². The van der Waals surface area contributed by atoms with Gasteiger partial charge in [0.2, 0.25) is 0 Å². The second kappa shape index (κ2) is 6.13. The smallest absolute Gasteiger partial charge is 0.309 e. The number of nitrogens with zero attached hydrogens (tertiary/aromatic N) is 1. The lowest BCUT2D eigenvalue weighted by Gasteiger charge is -2.18. The van der Waals surface area contributed by atoms with Crippen LogP contribution in [0.4, 0.5) is 0 Å². The third-order valence-electron chi connectivity index (χ3n) is 3.26. The number of amides is 1. The molecule has 1 aromatic rings. The molecule has 118 valence electrons. The number of carboxylic acids is 1. The van der Waals surface area contributed by atoms with Crippen LogP contribution in [-0.2, 0) is 10.2 Å². The molecule has 21 heavy (non-hydrogen) atoms. The maximum Gasteiger partial charge on any atom is 0.309 e. The van der Waals surface area contributed by atoms with Crippen LogP contribution < -0.4 is 5.32 Å². The molecule has 0 atom stereocenters. The van der Waals surface area contributed by atoms with E-state index in [0.29, 0.717) is 17.8 Å². The Morgan fingerprint density at radius 1 is 1.24 bits per heavy atom. The molecule has 6 heteroatoms. The van der Waals surface area contributed by atoms with Crippen LogP contribution in [0.5, 0.6) is 0 Å². The first-order valence-corrected chi connectivity index (χ1v) is 7.76. The lowest BCUT2D eigenvalue weighted by molar-refractivity contribution is -0.147. The van der Waals surface area contributed by atoms with Gasteiger partial charge in [0.15, 0.2) is 0 Å². The van der Waals surface area contributed by atoms with Crippen molar-refractivity contribution in [3.05, 3.63) is 15.6 Å². The summed E-state index contributed by atoms with van der Waals surface area (Å²) < 4.78 is 0. The average Bonchev–Trinajstić information content (AvgIpc) is 2.70. The quantitative estimate of drug-likeness (QED) is 0.876. The molecule has 0 fully saturated rings. The summed E-state index contributed by atoms with van der Waals surface area (Å²) in [7, 11) is 0. The third kappa shape index (κ3) is 4.52. The predicted molar refractivity (Wildman–Crippen MR) is 83.9 cm³/mol. The SMILES string of the molecule is Cc1nc(C(C)(C)C)sc1C(=O)NCCC(C)(C)C(=O)O. The summed E-state index contributed by atoms with van der Waals surface area (Å²) in [5.74, 6) is -1.04. The highest BCUT2D eigenvalue weighted by molar-refractivity contribution is 7.14. The van der Waals surface area contributed by atoms with Gasteiger partial charge in [0.05, 0.1) is 16.1 Å². The van der Waals surface area contributed by atoms with Gasteiger partial charge in [-0.15, -0.1) is 11.3 Å². The van der Waals surface area contributed by atoms with Crippen molar-refractivity contribution in [2.24, 2.45) is 5.41 Å². The molecule has 1 heterocycles. The van der Waals surface area contributed by atoms with E-state index >= 15 is 0 Å². The third-order valence-corrected chi connectivity index (χ3v) is 4.84. The number of thiazole rings is 1. The Kier molecular flexibility index (Phi) is 5.15. The minimum absolute atomic E-state index is 0.0841. The highest BCUT2D eigenvalue weighted by atomic mass is 32.1. The maximum absolute atomic E-state index is 12.2. The van der Waals surface area contributed by atoms with E-state index in [1.165, 1.54) is 11.3 Å². The Labute approximate surface area is 129 Å². The van der Waals surface area contributed by atoms with Gasteiger partial charge in [-0.2, -0.15) is 0 Å². The zero-order valence-electron chi connectivity index (χ0n) is 13.5. The van der Waals surface area contributed by atoms with Crippen LogP contribution in [0.25, 0.3) is 0 Å². The van der Waals surface area contributed by atoms with Crippen molar-refractivity contribution >= 4 is 23.2 Å². The largest absolute Gasteiger partial charge is 0.481 e. The number of nitrogens with one attached hydrogen (secondary N) is 1. The number of aliphatic carboxylic acids is 1. The van der Waals surface area contributed by atoms with Crippen molar-refractivity contribution in [1.29, 1.82) is 0 Å². The molecular weight excluding hydrogens is 288 g/mol. The van der Waals surface area contributed by atoms with Crippen molar-refractivity contribution in [2.75, 3.05) is 6.54 Å². The van der Waals surface area contributed by atoms with E-state index in [2.05, 4.69) is 31.1 Å². The van der Waals surface area contributed by atoms with Crippen LogP contribution in [-0.4, -0.2) is 28.5 Å². The summed E-state index contributed by atoms with van der Waals surface area (Å²) in [6.07, 6.45) is 0.387. The molecule has 1 aromatic heterocycles. The number of carbonyl (C=O) groups is 2. The van der Waals surface area contributed by atoms with Gasteiger partial charge in [-0.1, -0.05) is 20.8 Å². The molecule has 0 saturated heterocycles. The number of carbonyl (C=O) groups excluding carboxylic acids is 1. The zero-order valence-corrected chi connectivity index (χ0v) is 14.3. The molecule has 5 nitrogen and oxygen atoms in total. The predicted octanol–water partition coefficient (Wildman–Crippen LogP) is 2.98. The van der Waals surface area contributed by atoms with E-state index < -0.39 is 11.4 Å². The summed E-state index contributed by atoms with van der Waals surface area (Å²) in [5.41, 5.74) is -0.203. The first-order valence-electron chi connectivity index (χ1n) is 6.94. The maximum atomic E-state index is 12.2. The summed E-state index contributed by atoms with van der Waals surface area (Å²) in [4.78, 5) is 28.2. The van der Waals surface area contributed by atoms with Crippen LogP contribution in [0, 0.1) is 12.3 Å². The van der Waals surface area contributed by atoms with E-state index in [4.69, 9.17) is 5.11 Å². The van der Waals surface area contributed by atoms with Gasteiger partial charge in [-0.3, -0.25) is 9.59 Å². The molecule has 0 saturated carbocycles. The number of hydrogen-bond acceptors (Lipinski definition) is 4. The van der Waals surface area contributed by atoms with Crippen LogP contribution in [0.15, 0.2) is 0 Å². The lowest BCUT2D eigenvalue weighted by atomic mass is 9.90. The standard InChI is InChI=1S/C15H24N2O3S/c1-9-10(21-12(17-9)14(2,3)4)11(18)16-8-7-15(5,6)13(19)20/h7-8H2,1-6H3,(H,16,18)(H,19,20). The molecule has 0 aliphatic carbocycles. The number of rotatable bonds is 5. The topological polar surface area (TPSA) is 79.3 Å². The van der Waals surface area contributed by atoms with E-state index in [9.17, 15) is 9.59 Å². The second-order valence-corrected chi connectivity index (χ2v) is 7.88. The zero-order chi connectivity index (χ0) is 16.4. The molecule has 0 aliphatic rings. The summed E-state index contributed by atoms with van der Waals surface area (Å²) in [6.45, 7) is 11.6. The van der Waals surface area contributed by atoms with Crippen LogP contribution in [0.3, 0.4) is 0 Å². The lowest BCUT2D eigenvalue weighted by Crippen LogP contribution is -2.31. The number of aryl methyl sites for hydroxylation is 1. The molecule has 1 amide bonds. The second-order valence-electron chi connectivity index (χ2n) is 6.88. The van der Waals surface area contributed by atoms with E-state index in [0.717, 1.165) is 10.7 Å². The Morgan fingerprint density at radius 2 is 1.81 bits per heavy atom. The first kappa shape index (κ1) is 17.6. The average molecular weight is 312 g/mol. The highest BCUT2D eigenvalue weighted by Crippen LogP contribution is 2.29. The fourth-order valence-electron chi connectivity index (χ4n) is 1.60. The molecule has 0 spiro atoms. The molecule has 2 N–H and O–H groups in total. The molecular formula is C15H24N2O3S. The van der Waals surface area contributed by atoms with E-state index in [1.807, 2.05) is 6.92 Å². The van der Waals surface area contributed by atoms with Crippen molar-refractivity contribution in [3.8, 4) is 0 Å². The molecule has 0 radical (unpaired) electrons. The molecule has 1 rings (SSSR count). The fraction of sp³-hybridized carbons (Fsp3) is 0.667. The number of aromatic nitrogens is 1. The van der Waals surface area contributed by atoms with Gasteiger partial charge in [-0.25, -0.2) is 4.98 Å². The Balaban J connectivity index is 2.69. The minimum Gasteiger partial charge on any atom is -0.481 e. The Morgan fingerprint density at radius 3 is 2.24 bits per heavy atom. The molecule has 0 aromatic carbocycles. The van der Waals surface area contributed by atoms with Crippen molar-refractivity contribution in [3.63, 3.8) is 0 Å². The van der Waals surface area contributed by atoms with Gasteiger partial charge in [0, 0.05) is 12.0 Å². The van der Waals surface area contributed by atoms with Crippen molar-refractivity contribution < 1.29 is 14.7 Å². The van der Waals surface area contributed by atoms with Crippen LogP contribution >= 0.6 is 11.3 Å². The minimum atomic E-state index is -0.860. The molecule has 0 aliphatic heterocycles. The summed E-state index contributed by atoms with van der Waals surface area (Å²) in [6, 6.07) is 0. The van der Waals surface area contributed by atoms with E-state index in [1.54, 1.807) is 13.8 Å². The normalized spacial score (nSPS) is 12.3. The molecule has 0 bridgehead atoms. The number of hydrogen-bond donors (Lipinski definition) is 2. The van der Waals surface area contributed by atoms with Gasteiger partial charge >= 0.3 is 5.97 Å². The van der Waals surface area contributed by atoms with Crippen LogP contribution in [0.1, 0.15) is 61.4 Å². The summed E-state index contributed by atoms with van der Waals surface area (Å²) in [5, 5.41) is 12.8. The van der Waals surface area contributed by atoms with Gasteiger partial charge < -0.3 is 10.4 Å². The molecule has 0 unspecified atom stereocenters. The highest BCUT2D eigenvalue weighted by Gasteiger charge is 2.27. The number of carboxylic acid groups (broad SMARTS) is 1. The van der Waals surface area contributed by atoms with E-state index in [-0.39, 0.29) is 11.3 Å². The monoisotopic (exact) mass is 312 g/mol. The van der Waals surface area contributed by atoms with Gasteiger partial charge in [-0.05, 0) is 27.2 Å². The van der Waals surface area contributed by atoms with Crippen molar-refractivity contribution in [2.45, 2.75) is 53.4 Å². The van der Waals surface area contributed by atoms with Gasteiger partial charge in [0.1, 0.15) is 4.88 Å². The first-order chi connectivity index (χ1) is 9.45. The van der Waals surface area contributed by atoms with Crippen molar-refractivity contribution in [1.82, 2.24) is 10.3 Å². The summed E-state index contributed by atoms with van der Waals surface area (Å²) >= 11 is 1.40. The Bertz CT molecular complexity index is 542.